The monoisotopic (exact) mass is 460 g/mol. The van der Waals surface area contributed by atoms with E-state index >= 15 is 0 Å². The van der Waals surface area contributed by atoms with Crippen LogP contribution in [0.2, 0.25) is 0 Å². The van der Waals surface area contributed by atoms with Crippen molar-refractivity contribution in [3.05, 3.63) is 45.8 Å². The van der Waals surface area contributed by atoms with Crippen LogP contribution in [0.15, 0.2) is 29.2 Å². The number of sulfonamides is 1. The van der Waals surface area contributed by atoms with E-state index in [9.17, 15) is 18.5 Å². The van der Waals surface area contributed by atoms with Crippen molar-refractivity contribution in [2.45, 2.75) is 51.6 Å². The molecule has 1 N–H and O–H groups in total. The lowest BCUT2D eigenvalue weighted by Gasteiger charge is -2.30. The molecule has 2 aromatic rings. The number of hydrogen-bond acceptors (Lipinski definition) is 6. The zero-order valence-corrected chi connectivity index (χ0v) is 19.9. The number of hydrogen-bond donors (Lipinski definition) is 1. The summed E-state index contributed by atoms with van der Waals surface area (Å²) in [5.41, 5.74) is 1.91. The molecular weight excluding hydrogens is 432 g/mol. The highest BCUT2D eigenvalue weighted by Gasteiger charge is 2.27. The van der Waals surface area contributed by atoms with Crippen LogP contribution in [0.25, 0.3) is 0 Å². The van der Waals surface area contributed by atoms with E-state index < -0.39 is 10.0 Å². The fraction of sp³-hybridized carbons (Fsp3) is 0.455. The highest BCUT2D eigenvalue weighted by atomic mass is 32.2. The van der Waals surface area contributed by atoms with Crippen LogP contribution in [0.5, 0.6) is 0 Å². The van der Waals surface area contributed by atoms with Crippen LogP contribution in [0.4, 0.5) is 5.00 Å². The van der Waals surface area contributed by atoms with Gasteiger partial charge in [-0.05, 0) is 50.1 Å². The second-order valence-electron chi connectivity index (χ2n) is 7.70. The number of rotatable bonds is 7. The van der Waals surface area contributed by atoms with Crippen LogP contribution in [-0.4, -0.2) is 49.2 Å². The molecule has 9 heteroatoms. The molecule has 166 valence electrons. The molecule has 0 saturated heterocycles. The Bertz CT molecular complexity index is 1100. The van der Waals surface area contributed by atoms with Gasteiger partial charge in [-0.3, -0.25) is 9.69 Å². The largest absolute Gasteiger partial charge is 0.312 e. The normalized spacial score (nSPS) is 14.5. The lowest BCUT2D eigenvalue weighted by atomic mass is 10.0. The van der Waals surface area contributed by atoms with E-state index in [2.05, 4.69) is 30.1 Å². The van der Waals surface area contributed by atoms with E-state index in [0.29, 0.717) is 35.3 Å². The Balaban J connectivity index is 1.81. The van der Waals surface area contributed by atoms with Gasteiger partial charge in [0.15, 0.2) is 0 Å². The minimum absolute atomic E-state index is 0.158. The fourth-order valence-corrected chi connectivity index (χ4v) is 6.41. The van der Waals surface area contributed by atoms with Crippen LogP contribution in [0.3, 0.4) is 0 Å². The van der Waals surface area contributed by atoms with Gasteiger partial charge in [-0.2, -0.15) is 9.57 Å². The number of fused-ring (bicyclic) bond motifs is 1. The molecule has 1 aromatic carbocycles. The predicted octanol–water partition coefficient (Wildman–Crippen LogP) is 3.67. The third-order valence-corrected chi connectivity index (χ3v) is 8.81. The topological polar surface area (TPSA) is 93.5 Å². The smallest absolute Gasteiger partial charge is 0.256 e. The Morgan fingerprint density at radius 1 is 1.26 bits per heavy atom. The second kappa shape index (κ2) is 9.49. The molecule has 0 aliphatic carbocycles. The summed E-state index contributed by atoms with van der Waals surface area (Å²) in [5.74, 6) is -0.359. The molecule has 7 nitrogen and oxygen atoms in total. The Morgan fingerprint density at radius 3 is 2.45 bits per heavy atom. The highest BCUT2D eigenvalue weighted by Crippen LogP contribution is 2.37. The van der Waals surface area contributed by atoms with E-state index in [1.165, 1.54) is 39.9 Å². The summed E-state index contributed by atoms with van der Waals surface area (Å²) in [5, 5.41) is 13.1. The fourth-order valence-electron chi connectivity index (χ4n) is 3.74. The third-order valence-electron chi connectivity index (χ3n) is 5.62. The summed E-state index contributed by atoms with van der Waals surface area (Å²) in [6.07, 6.45) is 0.792. The zero-order valence-electron chi connectivity index (χ0n) is 18.3. The number of amides is 1. The van der Waals surface area contributed by atoms with Crippen molar-refractivity contribution in [3.63, 3.8) is 0 Å². The van der Waals surface area contributed by atoms with Gasteiger partial charge in [-0.25, -0.2) is 8.42 Å². The summed E-state index contributed by atoms with van der Waals surface area (Å²) in [7, 11) is -3.57. The number of nitrogens with zero attached hydrogens (tertiary/aromatic N) is 3. The predicted molar refractivity (Wildman–Crippen MR) is 123 cm³/mol. The van der Waals surface area contributed by atoms with Crippen molar-refractivity contribution in [1.29, 1.82) is 5.26 Å². The summed E-state index contributed by atoms with van der Waals surface area (Å²) >= 11 is 1.45. The van der Waals surface area contributed by atoms with Gasteiger partial charge in [0.05, 0.1) is 10.5 Å². The van der Waals surface area contributed by atoms with E-state index in [1.54, 1.807) is 13.8 Å². The lowest BCUT2D eigenvalue weighted by molar-refractivity contribution is 0.102. The van der Waals surface area contributed by atoms with Crippen molar-refractivity contribution in [3.8, 4) is 6.07 Å². The first-order chi connectivity index (χ1) is 14.7. The molecule has 31 heavy (non-hydrogen) atoms. The Kier molecular flexibility index (Phi) is 7.17. The van der Waals surface area contributed by atoms with Gasteiger partial charge >= 0.3 is 0 Å². The molecule has 0 saturated carbocycles. The molecule has 3 rings (SSSR count). The quantitative estimate of drug-likeness (QED) is 0.680. The van der Waals surface area contributed by atoms with Crippen LogP contribution < -0.4 is 5.32 Å². The average molecular weight is 461 g/mol. The van der Waals surface area contributed by atoms with Crippen molar-refractivity contribution in [2.75, 3.05) is 25.0 Å². The molecular formula is C22H28N4O3S2. The average Bonchev–Trinajstić information content (AvgIpc) is 3.10. The number of nitriles is 1. The summed E-state index contributed by atoms with van der Waals surface area (Å²) in [4.78, 5) is 16.4. The van der Waals surface area contributed by atoms with Crippen molar-refractivity contribution in [2.24, 2.45) is 0 Å². The van der Waals surface area contributed by atoms with Gasteiger partial charge in [-0.15, -0.1) is 11.3 Å². The maximum atomic E-state index is 12.8. The molecule has 1 aromatic heterocycles. The van der Waals surface area contributed by atoms with Gasteiger partial charge in [-0.1, -0.05) is 13.8 Å². The Hall–Kier alpha value is -2.25. The zero-order chi connectivity index (χ0) is 22.8. The Labute approximate surface area is 188 Å². The van der Waals surface area contributed by atoms with E-state index in [0.717, 1.165) is 30.0 Å². The lowest BCUT2D eigenvalue weighted by Crippen LogP contribution is -2.35. The molecule has 0 radical (unpaired) electrons. The number of thiophene rings is 1. The SMILES string of the molecule is CCN(CC)S(=O)(=O)c1ccc(C(=O)Nc2sc3c(c2C#N)CCN(C(C)C)C3)cc1. The van der Waals surface area contributed by atoms with Gasteiger partial charge in [0.2, 0.25) is 10.0 Å². The second-order valence-corrected chi connectivity index (χ2v) is 10.7. The maximum Gasteiger partial charge on any atom is 0.256 e. The molecule has 0 atom stereocenters. The van der Waals surface area contributed by atoms with Gasteiger partial charge in [0.25, 0.3) is 5.91 Å². The molecule has 0 fully saturated rings. The van der Waals surface area contributed by atoms with Gasteiger partial charge in [0.1, 0.15) is 11.1 Å². The van der Waals surface area contributed by atoms with Crippen LogP contribution in [0, 0.1) is 11.3 Å². The molecule has 1 aliphatic heterocycles. The summed E-state index contributed by atoms with van der Waals surface area (Å²) in [6, 6.07) is 8.59. The van der Waals surface area contributed by atoms with Crippen LogP contribution >= 0.6 is 11.3 Å². The van der Waals surface area contributed by atoms with E-state index in [4.69, 9.17) is 0 Å². The first kappa shape index (κ1) is 23.4. The molecule has 1 amide bonds. The minimum Gasteiger partial charge on any atom is -0.312 e. The number of carbonyl (C=O) groups is 1. The van der Waals surface area contributed by atoms with E-state index in [-0.39, 0.29) is 10.8 Å². The first-order valence-corrected chi connectivity index (χ1v) is 12.7. The van der Waals surface area contributed by atoms with Gasteiger partial charge in [0, 0.05) is 42.7 Å². The number of anilines is 1. The highest BCUT2D eigenvalue weighted by molar-refractivity contribution is 7.89. The molecule has 0 unspecified atom stereocenters. The summed E-state index contributed by atoms with van der Waals surface area (Å²) in [6.45, 7) is 10.3. The van der Waals surface area contributed by atoms with Crippen LogP contribution in [-0.2, 0) is 23.0 Å². The molecule has 1 aliphatic rings. The molecule has 0 spiro atoms. The maximum absolute atomic E-state index is 12.8. The number of nitrogens with one attached hydrogen (secondary N) is 1. The standard InChI is InChI=1S/C22H28N4O3S2/c1-5-26(6-2)31(28,29)17-9-7-16(8-10-17)21(27)24-22-19(13-23)18-11-12-25(15(3)4)14-20(18)30-22/h7-10,15H,5-6,11-12,14H2,1-4H3,(H,24,27). The minimum atomic E-state index is -3.57. The van der Waals surface area contributed by atoms with Crippen molar-refractivity contribution in [1.82, 2.24) is 9.21 Å². The van der Waals surface area contributed by atoms with Crippen molar-refractivity contribution < 1.29 is 13.2 Å². The molecule has 0 bridgehead atoms. The summed E-state index contributed by atoms with van der Waals surface area (Å²) < 4.78 is 26.6. The van der Waals surface area contributed by atoms with Crippen molar-refractivity contribution >= 4 is 32.3 Å². The number of carbonyl (C=O) groups excluding carboxylic acids is 1. The Morgan fingerprint density at radius 2 is 1.90 bits per heavy atom. The number of benzene rings is 1. The van der Waals surface area contributed by atoms with Crippen LogP contribution in [0.1, 0.15) is 54.1 Å². The molecule has 2 heterocycles. The van der Waals surface area contributed by atoms with E-state index in [1.807, 2.05) is 0 Å². The van der Waals surface area contributed by atoms with Gasteiger partial charge < -0.3 is 5.32 Å². The third kappa shape index (κ3) is 4.67. The first-order valence-electron chi connectivity index (χ1n) is 10.4.